The van der Waals surface area contributed by atoms with Crippen molar-refractivity contribution >= 4 is 55.6 Å². The Morgan fingerprint density at radius 1 is 1.00 bits per heavy atom. The van der Waals surface area contributed by atoms with Crippen LogP contribution in [0.25, 0.3) is 33.5 Å². The SMILES string of the molecule is CCOc1cc(C=Nn2c(-c3cc4cc(Cl)ccc4o3)nc3ccccc3c2=O)c(Br)cc1OCc1cccc(C)c1. The molecule has 6 rings (SSSR count). The van der Waals surface area contributed by atoms with Crippen molar-refractivity contribution in [2.75, 3.05) is 6.61 Å². The molecule has 0 aliphatic carbocycles. The monoisotopic (exact) mass is 641 g/mol. The van der Waals surface area contributed by atoms with Crippen molar-refractivity contribution in [1.82, 2.24) is 9.66 Å². The zero-order valence-electron chi connectivity index (χ0n) is 22.8. The van der Waals surface area contributed by atoms with Crippen molar-refractivity contribution < 1.29 is 13.9 Å². The Labute approximate surface area is 255 Å². The van der Waals surface area contributed by atoms with Crippen molar-refractivity contribution in [1.29, 1.82) is 0 Å². The van der Waals surface area contributed by atoms with Crippen LogP contribution in [-0.2, 0) is 6.61 Å². The van der Waals surface area contributed by atoms with Crippen molar-refractivity contribution in [2.24, 2.45) is 5.10 Å². The lowest BCUT2D eigenvalue weighted by atomic mass is 10.1. The highest BCUT2D eigenvalue weighted by Crippen LogP contribution is 2.34. The van der Waals surface area contributed by atoms with Crippen molar-refractivity contribution in [3.8, 4) is 23.1 Å². The van der Waals surface area contributed by atoms with Crippen LogP contribution in [0.1, 0.15) is 23.6 Å². The van der Waals surface area contributed by atoms with Gasteiger partial charge in [-0.3, -0.25) is 4.79 Å². The van der Waals surface area contributed by atoms with Crippen LogP contribution in [0.15, 0.2) is 104 Å². The van der Waals surface area contributed by atoms with Gasteiger partial charge in [-0.2, -0.15) is 9.78 Å². The highest BCUT2D eigenvalue weighted by atomic mass is 79.9. The molecule has 0 spiro atoms. The van der Waals surface area contributed by atoms with Crippen LogP contribution in [0.5, 0.6) is 11.5 Å². The number of fused-ring (bicyclic) bond motifs is 2. The molecule has 9 heteroatoms. The molecule has 0 fully saturated rings. The van der Waals surface area contributed by atoms with Gasteiger partial charge in [-0.25, -0.2) is 4.98 Å². The first-order chi connectivity index (χ1) is 20.4. The van der Waals surface area contributed by atoms with Gasteiger partial charge >= 0.3 is 0 Å². The first-order valence-electron chi connectivity index (χ1n) is 13.3. The summed E-state index contributed by atoms with van der Waals surface area (Å²) in [7, 11) is 0. The molecule has 6 aromatic rings. The number of aryl methyl sites for hydroxylation is 1. The van der Waals surface area contributed by atoms with Crippen LogP contribution >= 0.6 is 27.5 Å². The molecule has 0 amide bonds. The molecule has 2 heterocycles. The number of aromatic nitrogens is 2. The molecule has 0 N–H and O–H groups in total. The molecule has 0 atom stereocenters. The Hall–Kier alpha value is -4.40. The maximum absolute atomic E-state index is 13.7. The van der Waals surface area contributed by atoms with Crippen LogP contribution in [0.3, 0.4) is 0 Å². The maximum Gasteiger partial charge on any atom is 0.282 e. The summed E-state index contributed by atoms with van der Waals surface area (Å²) in [6, 6.07) is 26.1. The smallest absolute Gasteiger partial charge is 0.282 e. The van der Waals surface area contributed by atoms with E-state index in [-0.39, 0.29) is 11.4 Å². The van der Waals surface area contributed by atoms with Gasteiger partial charge in [0.2, 0.25) is 5.82 Å². The Morgan fingerprint density at radius 2 is 1.83 bits per heavy atom. The van der Waals surface area contributed by atoms with Gasteiger partial charge in [0.15, 0.2) is 17.3 Å². The number of benzene rings is 4. The molecule has 0 saturated heterocycles. The molecule has 7 nitrogen and oxygen atoms in total. The largest absolute Gasteiger partial charge is 0.490 e. The molecule has 4 aromatic carbocycles. The van der Waals surface area contributed by atoms with Crippen molar-refractivity contribution in [2.45, 2.75) is 20.5 Å². The van der Waals surface area contributed by atoms with Gasteiger partial charge in [-0.15, -0.1) is 0 Å². The second-order valence-electron chi connectivity index (χ2n) is 9.64. The number of furan rings is 1. The van der Waals surface area contributed by atoms with Gasteiger partial charge in [-0.05, 0) is 83.9 Å². The Bertz CT molecular complexity index is 2030. The zero-order chi connectivity index (χ0) is 29.2. The lowest BCUT2D eigenvalue weighted by Crippen LogP contribution is -2.20. The Morgan fingerprint density at radius 3 is 2.67 bits per heavy atom. The highest BCUT2D eigenvalue weighted by Gasteiger charge is 2.17. The summed E-state index contributed by atoms with van der Waals surface area (Å²) in [6.07, 6.45) is 1.58. The first kappa shape index (κ1) is 27.8. The fourth-order valence-corrected chi connectivity index (χ4v) is 5.23. The number of halogens is 2. The summed E-state index contributed by atoms with van der Waals surface area (Å²) in [5, 5.41) is 6.40. The molecule has 2 aromatic heterocycles. The third-order valence-corrected chi connectivity index (χ3v) is 7.53. The van der Waals surface area contributed by atoms with E-state index in [4.69, 9.17) is 30.5 Å². The Kier molecular flexibility index (Phi) is 7.82. The second-order valence-corrected chi connectivity index (χ2v) is 10.9. The normalized spacial score (nSPS) is 11.5. The van der Waals surface area contributed by atoms with E-state index in [9.17, 15) is 4.79 Å². The molecule has 0 bridgehead atoms. The van der Waals surface area contributed by atoms with Gasteiger partial charge in [-0.1, -0.05) is 53.6 Å². The minimum absolute atomic E-state index is 0.265. The van der Waals surface area contributed by atoms with Gasteiger partial charge < -0.3 is 13.9 Å². The van der Waals surface area contributed by atoms with E-state index in [2.05, 4.69) is 27.1 Å². The molecule has 0 unspecified atom stereocenters. The average molecular weight is 643 g/mol. The topological polar surface area (TPSA) is 78.9 Å². The summed E-state index contributed by atoms with van der Waals surface area (Å²) >= 11 is 9.82. The van der Waals surface area contributed by atoms with Crippen LogP contribution in [0.4, 0.5) is 0 Å². The van der Waals surface area contributed by atoms with E-state index in [0.717, 1.165) is 21.0 Å². The van der Waals surface area contributed by atoms with Crippen molar-refractivity contribution in [3.63, 3.8) is 0 Å². The number of para-hydroxylation sites is 1. The molecular formula is C33H25BrClN3O4. The van der Waals surface area contributed by atoms with E-state index in [1.807, 2.05) is 50.2 Å². The number of nitrogens with zero attached hydrogens (tertiary/aromatic N) is 3. The van der Waals surface area contributed by atoms with Gasteiger partial charge in [0.1, 0.15) is 12.2 Å². The zero-order valence-corrected chi connectivity index (χ0v) is 25.1. The van der Waals surface area contributed by atoms with E-state index >= 15 is 0 Å². The van der Waals surface area contributed by atoms with Crippen LogP contribution in [0.2, 0.25) is 5.02 Å². The standard InChI is InChI=1S/C33H25BrClN3O4/c1-3-40-29-16-23(26(34)17-30(29)41-19-21-8-6-7-20(2)13-21)18-36-38-32(37-27-10-5-4-9-25(27)33(38)39)31-15-22-14-24(35)11-12-28(22)42-31/h4-18H,3,19H2,1-2H3. The van der Waals surface area contributed by atoms with Crippen molar-refractivity contribution in [3.05, 3.63) is 121 Å². The van der Waals surface area contributed by atoms with Crippen LogP contribution < -0.4 is 15.0 Å². The summed E-state index contributed by atoms with van der Waals surface area (Å²) < 4.78 is 20.1. The average Bonchev–Trinajstić information content (AvgIpc) is 3.40. The predicted molar refractivity (Wildman–Crippen MR) is 170 cm³/mol. The quantitative estimate of drug-likeness (QED) is 0.156. The summed E-state index contributed by atoms with van der Waals surface area (Å²) in [6.45, 7) is 4.80. The highest BCUT2D eigenvalue weighted by molar-refractivity contribution is 9.10. The molecule has 0 saturated carbocycles. The minimum Gasteiger partial charge on any atom is -0.490 e. The number of hydrogen-bond donors (Lipinski definition) is 0. The number of hydrogen-bond acceptors (Lipinski definition) is 6. The van der Waals surface area contributed by atoms with Gasteiger partial charge in [0.25, 0.3) is 5.56 Å². The molecule has 210 valence electrons. The van der Waals surface area contributed by atoms with E-state index in [1.165, 1.54) is 4.68 Å². The summed E-state index contributed by atoms with van der Waals surface area (Å²) in [5.41, 5.74) is 3.74. The molecule has 0 radical (unpaired) electrons. The maximum atomic E-state index is 13.7. The fourth-order valence-electron chi connectivity index (χ4n) is 4.63. The minimum atomic E-state index is -0.329. The van der Waals surface area contributed by atoms with E-state index < -0.39 is 0 Å². The lowest BCUT2D eigenvalue weighted by molar-refractivity contribution is 0.269. The lowest BCUT2D eigenvalue weighted by Gasteiger charge is -2.14. The van der Waals surface area contributed by atoms with Crippen LogP contribution in [-0.4, -0.2) is 22.5 Å². The summed E-state index contributed by atoms with van der Waals surface area (Å²) in [4.78, 5) is 18.4. The Balaban J connectivity index is 1.41. The third-order valence-electron chi connectivity index (χ3n) is 6.60. The fraction of sp³-hybridized carbons (Fsp3) is 0.121. The number of rotatable bonds is 8. The summed E-state index contributed by atoms with van der Waals surface area (Å²) in [5.74, 6) is 1.81. The van der Waals surface area contributed by atoms with E-state index in [1.54, 1.807) is 48.7 Å². The van der Waals surface area contributed by atoms with Crippen LogP contribution in [0, 0.1) is 6.92 Å². The second kappa shape index (κ2) is 11.8. The van der Waals surface area contributed by atoms with Gasteiger partial charge in [0.05, 0.1) is 23.7 Å². The third kappa shape index (κ3) is 5.68. The van der Waals surface area contributed by atoms with Gasteiger partial charge in [0, 0.05) is 20.4 Å². The number of ether oxygens (including phenoxy) is 2. The molecule has 42 heavy (non-hydrogen) atoms. The predicted octanol–water partition coefficient (Wildman–Crippen LogP) is 8.39. The van der Waals surface area contributed by atoms with E-state index in [0.29, 0.717) is 57.5 Å². The molecule has 0 aliphatic heterocycles. The first-order valence-corrected chi connectivity index (χ1v) is 14.5. The molecular weight excluding hydrogens is 618 g/mol. The molecule has 0 aliphatic rings.